The zero-order chi connectivity index (χ0) is 11.0. The average molecular weight is 230 g/mol. The molecule has 1 saturated heterocycles. The van der Waals surface area contributed by atoms with Crippen molar-refractivity contribution in [2.45, 2.75) is 38.5 Å². The molecule has 86 valence electrons. The standard InChI is InChI=1S/C11H18O3S/c1-5(2)9-7-4-8-10(9)14-15(12,13)11(8)6(7)3/h5-11H,4H2,1-3H3. The maximum absolute atomic E-state index is 11.8. The van der Waals surface area contributed by atoms with Crippen LogP contribution in [0.2, 0.25) is 0 Å². The van der Waals surface area contributed by atoms with Crippen molar-refractivity contribution in [1.29, 1.82) is 0 Å². The largest absolute Gasteiger partial charge is 0.271 e. The van der Waals surface area contributed by atoms with Crippen LogP contribution in [-0.4, -0.2) is 19.8 Å². The molecule has 0 radical (unpaired) electrons. The van der Waals surface area contributed by atoms with Gasteiger partial charge in [0.1, 0.15) is 0 Å². The third-order valence-corrected chi connectivity index (χ3v) is 6.74. The summed E-state index contributed by atoms with van der Waals surface area (Å²) in [5.41, 5.74) is 0. The molecule has 3 rings (SSSR count). The molecule has 0 N–H and O–H groups in total. The Kier molecular flexibility index (Phi) is 1.87. The maximum Gasteiger partial charge on any atom is 0.271 e. The monoisotopic (exact) mass is 230 g/mol. The number of hydrogen-bond donors (Lipinski definition) is 0. The summed E-state index contributed by atoms with van der Waals surface area (Å²) in [5, 5.41) is -0.192. The summed E-state index contributed by atoms with van der Waals surface area (Å²) in [6.07, 6.45) is 1.07. The minimum absolute atomic E-state index is 0.00111. The first-order valence-electron chi connectivity index (χ1n) is 5.85. The predicted octanol–water partition coefficient (Wildman–Crippen LogP) is 1.64. The normalized spacial score (nSPS) is 55.5. The first-order valence-corrected chi connectivity index (χ1v) is 7.32. The molecule has 0 aromatic rings. The Balaban J connectivity index is 2.06. The fraction of sp³-hybridized carbons (Fsp3) is 1.00. The van der Waals surface area contributed by atoms with E-state index in [1.807, 2.05) is 0 Å². The van der Waals surface area contributed by atoms with Gasteiger partial charge in [-0.3, -0.25) is 4.18 Å². The van der Waals surface area contributed by atoms with Crippen molar-refractivity contribution in [3.05, 3.63) is 0 Å². The highest BCUT2D eigenvalue weighted by Crippen LogP contribution is 2.61. The van der Waals surface area contributed by atoms with Gasteiger partial charge in [-0.1, -0.05) is 20.8 Å². The topological polar surface area (TPSA) is 43.4 Å². The molecule has 0 amide bonds. The van der Waals surface area contributed by atoms with Crippen LogP contribution in [-0.2, 0) is 14.3 Å². The number of fused-ring (bicyclic) bond motifs is 1. The van der Waals surface area contributed by atoms with Gasteiger partial charge in [-0.25, -0.2) is 0 Å². The second kappa shape index (κ2) is 2.77. The molecule has 3 aliphatic rings. The summed E-state index contributed by atoms with van der Waals surface area (Å²) in [7, 11) is -3.25. The molecular formula is C11H18O3S. The molecule has 2 bridgehead atoms. The van der Waals surface area contributed by atoms with E-state index in [2.05, 4.69) is 20.8 Å². The van der Waals surface area contributed by atoms with Gasteiger partial charge in [-0.2, -0.15) is 8.42 Å². The lowest BCUT2D eigenvalue weighted by Gasteiger charge is -2.32. The van der Waals surface area contributed by atoms with Gasteiger partial charge in [0.15, 0.2) is 0 Å². The lowest BCUT2D eigenvalue weighted by molar-refractivity contribution is 0.0799. The van der Waals surface area contributed by atoms with E-state index in [-0.39, 0.29) is 11.4 Å². The SMILES string of the molecule is CC(C)C1C2CC3C1OS(=O)(=O)C3C2C. The maximum atomic E-state index is 11.8. The van der Waals surface area contributed by atoms with Crippen molar-refractivity contribution in [2.24, 2.45) is 29.6 Å². The Hall–Kier alpha value is -0.0900. The van der Waals surface area contributed by atoms with Gasteiger partial charge in [0.2, 0.25) is 0 Å². The molecule has 3 fully saturated rings. The summed E-state index contributed by atoms with van der Waals surface area (Å²) >= 11 is 0. The average Bonchev–Trinajstić information content (AvgIpc) is 2.62. The van der Waals surface area contributed by atoms with Crippen LogP contribution in [0.5, 0.6) is 0 Å². The summed E-state index contributed by atoms with van der Waals surface area (Å²) < 4.78 is 29.0. The molecule has 6 atom stereocenters. The van der Waals surface area contributed by atoms with Crippen LogP contribution >= 0.6 is 0 Å². The van der Waals surface area contributed by atoms with Gasteiger partial charge >= 0.3 is 0 Å². The summed E-state index contributed by atoms with van der Waals surface area (Å²) in [5.74, 6) is 2.15. The Morgan fingerprint density at radius 1 is 1.27 bits per heavy atom. The van der Waals surface area contributed by atoms with Crippen LogP contribution in [0.4, 0.5) is 0 Å². The molecule has 0 aromatic carbocycles. The number of rotatable bonds is 1. The van der Waals surface area contributed by atoms with Crippen LogP contribution in [0.15, 0.2) is 0 Å². The second-order valence-corrected chi connectivity index (χ2v) is 7.48. The van der Waals surface area contributed by atoms with Crippen molar-refractivity contribution in [1.82, 2.24) is 0 Å². The lowest BCUT2D eigenvalue weighted by atomic mass is 9.74. The van der Waals surface area contributed by atoms with Gasteiger partial charge in [0.05, 0.1) is 11.4 Å². The third-order valence-electron chi connectivity index (χ3n) is 4.80. The van der Waals surface area contributed by atoms with Crippen molar-refractivity contribution >= 4 is 10.1 Å². The molecule has 0 aromatic heterocycles. The van der Waals surface area contributed by atoms with Crippen LogP contribution in [0.25, 0.3) is 0 Å². The quantitative estimate of drug-likeness (QED) is 0.643. The molecule has 4 heteroatoms. The Bertz CT molecular complexity index is 387. The highest BCUT2D eigenvalue weighted by Gasteiger charge is 2.67. The van der Waals surface area contributed by atoms with E-state index in [0.29, 0.717) is 29.6 Å². The fourth-order valence-corrected chi connectivity index (χ4v) is 6.49. The first kappa shape index (κ1) is 10.1. The third kappa shape index (κ3) is 1.07. The van der Waals surface area contributed by atoms with E-state index < -0.39 is 10.1 Å². The summed E-state index contributed by atoms with van der Waals surface area (Å²) in [4.78, 5) is 0. The smallest absolute Gasteiger partial charge is 0.266 e. The van der Waals surface area contributed by atoms with Crippen molar-refractivity contribution in [3.8, 4) is 0 Å². The Morgan fingerprint density at radius 2 is 1.93 bits per heavy atom. The van der Waals surface area contributed by atoms with E-state index in [1.54, 1.807) is 0 Å². The van der Waals surface area contributed by atoms with Crippen molar-refractivity contribution in [3.63, 3.8) is 0 Å². The van der Waals surface area contributed by atoms with Gasteiger partial charge in [-0.05, 0) is 30.1 Å². The van der Waals surface area contributed by atoms with E-state index in [0.717, 1.165) is 6.42 Å². The summed E-state index contributed by atoms with van der Waals surface area (Å²) in [6, 6.07) is 0. The zero-order valence-corrected chi connectivity index (χ0v) is 10.2. The van der Waals surface area contributed by atoms with Crippen LogP contribution in [0.1, 0.15) is 27.2 Å². The molecule has 2 aliphatic carbocycles. The van der Waals surface area contributed by atoms with E-state index >= 15 is 0 Å². The Labute approximate surface area is 91.3 Å². The molecule has 15 heavy (non-hydrogen) atoms. The van der Waals surface area contributed by atoms with Crippen LogP contribution in [0, 0.1) is 29.6 Å². The summed E-state index contributed by atoms with van der Waals surface area (Å²) in [6.45, 7) is 6.45. The van der Waals surface area contributed by atoms with E-state index in [9.17, 15) is 8.42 Å². The van der Waals surface area contributed by atoms with Crippen molar-refractivity contribution < 1.29 is 12.6 Å². The molecule has 2 saturated carbocycles. The second-order valence-electron chi connectivity index (χ2n) is 5.76. The van der Waals surface area contributed by atoms with Crippen molar-refractivity contribution in [2.75, 3.05) is 0 Å². The predicted molar refractivity (Wildman–Crippen MR) is 56.7 cm³/mol. The molecular weight excluding hydrogens is 212 g/mol. The highest BCUT2D eigenvalue weighted by atomic mass is 32.2. The molecule has 6 unspecified atom stereocenters. The molecule has 3 nitrogen and oxygen atoms in total. The lowest BCUT2D eigenvalue weighted by Crippen LogP contribution is -2.37. The van der Waals surface area contributed by atoms with Crippen LogP contribution in [0.3, 0.4) is 0 Å². The van der Waals surface area contributed by atoms with E-state index in [4.69, 9.17) is 4.18 Å². The zero-order valence-electron chi connectivity index (χ0n) is 9.38. The molecule has 0 spiro atoms. The van der Waals surface area contributed by atoms with Gasteiger partial charge < -0.3 is 0 Å². The highest BCUT2D eigenvalue weighted by molar-refractivity contribution is 7.87. The van der Waals surface area contributed by atoms with Crippen LogP contribution < -0.4 is 0 Å². The van der Waals surface area contributed by atoms with Gasteiger partial charge in [0, 0.05) is 5.92 Å². The number of hydrogen-bond acceptors (Lipinski definition) is 3. The minimum atomic E-state index is -3.25. The molecule has 1 heterocycles. The van der Waals surface area contributed by atoms with Gasteiger partial charge in [-0.15, -0.1) is 0 Å². The fourth-order valence-electron chi connectivity index (χ4n) is 4.36. The minimum Gasteiger partial charge on any atom is -0.266 e. The first-order chi connectivity index (χ1) is 6.93. The van der Waals surface area contributed by atoms with E-state index in [1.165, 1.54) is 0 Å². The Morgan fingerprint density at radius 3 is 2.53 bits per heavy atom. The van der Waals surface area contributed by atoms with Gasteiger partial charge in [0.25, 0.3) is 10.1 Å². The molecule has 1 aliphatic heterocycles.